The largest absolute Gasteiger partial charge is 0.352 e. The topological polar surface area (TPSA) is 104 Å². The summed E-state index contributed by atoms with van der Waals surface area (Å²) >= 11 is 0. The highest BCUT2D eigenvalue weighted by Gasteiger charge is 2.40. The number of carbonyl (C=O) groups excluding carboxylic acids is 3. The quantitative estimate of drug-likeness (QED) is 0.469. The molecule has 36 heavy (non-hydrogen) atoms. The zero-order valence-corrected chi connectivity index (χ0v) is 22.0. The van der Waals surface area contributed by atoms with Gasteiger partial charge in [0.1, 0.15) is 10.9 Å². The molecular formula is C27H35N3O5S. The standard InChI is InChI=1S/C27H35N3O5S/c1-4-20(3)28-26(32)23(5-2)29(19-17-21-12-7-6-8-13-21)25(31)16-11-18-30-27(33)22-14-9-10-15-24(22)36(30,34)35/h6-10,12-15,20,23H,4-5,11,16-19H2,1-3H3,(H,28,32)/t20-,23-/m1/s1. The molecule has 194 valence electrons. The number of nitrogens with one attached hydrogen (secondary N) is 1. The Hall–Kier alpha value is -3.20. The van der Waals surface area contributed by atoms with E-state index in [2.05, 4.69) is 5.32 Å². The van der Waals surface area contributed by atoms with Gasteiger partial charge in [-0.2, -0.15) is 0 Å². The molecule has 0 saturated carbocycles. The van der Waals surface area contributed by atoms with E-state index in [1.54, 1.807) is 17.0 Å². The fourth-order valence-corrected chi connectivity index (χ4v) is 5.91. The van der Waals surface area contributed by atoms with E-state index >= 15 is 0 Å². The molecular weight excluding hydrogens is 478 g/mol. The molecule has 2 atom stereocenters. The van der Waals surface area contributed by atoms with E-state index in [9.17, 15) is 22.8 Å². The molecule has 1 aliphatic heterocycles. The lowest BCUT2D eigenvalue weighted by molar-refractivity contribution is -0.141. The van der Waals surface area contributed by atoms with Crippen molar-refractivity contribution in [1.29, 1.82) is 0 Å². The molecule has 3 amide bonds. The molecule has 0 bridgehead atoms. The second-order valence-corrected chi connectivity index (χ2v) is 10.9. The van der Waals surface area contributed by atoms with Gasteiger partial charge in [0.15, 0.2) is 0 Å². The Kier molecular flexibility index (Phi) is 9.25. The fourth-order valence-electron chi connectivity index (χ4n) is 4.31. The van der Waals surface area contributed by atoms with Gasteiger partial charge in [-0.25, -0.2) is 12.7 Å². The summed E-state index contributed by atoms with van der Waals surface area (Å²) in [5, 5.41) is 2.98. The molecule has 0 aliphatic carbocycles. The van der Waals surface area contributed by atoms with Crippen LogP contribution in [0.15, 0.2) is 59.5 Å². The van der Waals surface area contributed by atoms with Gasteiger partial charge in [0.05, 0.1) is 5.56 Å². The van der Waals surface area contributed by atoms with Crippen LogP contribution in [0.1, 0.15) is 62.4 Å². The first-order valence-corrected chi connectivity index (χ1v) is 13.9. The van der Waals surface area contributed by atoms with Crippen LogP contribution in [0.5, 0.6) is 0 Å². The summed E-state index contributed by atoms with van der Waals surface area (Å²) in [6, 6.07) is 15.2. The number of sulfonamides is 1. The van der Waals surface area contributed by atoms with Crippen molar-refractivity contribution in [1.82, 2.24) is 14.5 Å². The SMILES string of the molecule is CC[C@@H](C)NC(=O)[C@@H](CC)N(CCc1ccccc1)C(=O)CCCN1C(=O)c2ccccc2S1(=O)=O. The zero-order chi connectivity index (χ0) is 26.3. The first-order chi connectivity index (χ1) is 17.2. The molecule has 1 N–H and O–H groups in total. The van der Waals surface area contributed by atoms with Crippen LogP contribution < -0.4 is 5.32 Å². The Balaban J connectivity index is 1.70. The van der Waals surface area contributed by atoms with Crippen LogP contribution >= 0.6 is 0 Å². The molecule has 3 rings (SSSR count). The summed E-state index contributed by atoms with van der Waals surface area (Å²) in [5.41, 5.74) is 1.21. The second-order valence-electron chi connectivity index (χ2n) is 9.05. The molecule has 8 nitrogen and oxygen atoms in total. The van der Waals surface area contributed by atoms with E-state index in [1.165, 1.54) is 12.1 Å². The highest BCUT2D eigenvalue weighted by Crippen LogP contribution is 2.30. The number of hydrogen-bond donors (Lipinski definition) is 1. The van der Waals surface area contributed by atoms with Crippen LogP contribution in [-0.4, -0.2) is 60.5 Å². The van der Waals surface area contributed by atoms with Crippen molar-refractivity contribution in [3.8, 4) is 0 Å². The van der Waals surface area contributed by atoms with Gasteiger partial charge in [-0.3, -0.25) is 14.4 Å². The number of nitrogens with zero attached hydrogens (tertiary/aromatic N) is 2. The maximum absolute atomic E-state index is 13.4. The zero-order valence-electron chi connectivity index (χ0n) is 21.1. The van der Waals surface area contributed by atoms with Gasteiger partial charge in [-0.1, -0.05) is 56.3 Å². The monoisotopic (exact) mass is 513 g/mol. The Morgan fingerprint density at radius 2 is 1.67 bits per heavy atom. The van der Waals surface area contributed by atoms with Gasteiger partial charge >= 0.3 is 0 Å². The minimum absolute atomic E-state index is 0.00132. The normalized spacial score (nSPS) is 15.8. The second kappa shape index (κ2) is 12.2. The highest BCUT2D eigenvalue weighted by atomic mass is 32.2. The third-order valence-electron chi connectivity index (χ3n) is 6.54. The minimum atomic E-state index is -3.92. The van der Waals surface area contributed by atoms with Gasteiger partial charge in [0.2, 0.25) is 11.8 Å². The van der Waals surface area contributed by atoms with Crippen molar-refractivity contribution in [2.24, 2.45) is 0 Å². The number of amides is 3. The summed E-state index contributed by atoms with van der Waals surface area (Å²) < 4.78 is 26.4. The molecule has 0 saturated heterocycles. The van der Waals surface area contributed by atoms with Crippen LogP contribution in [0.4, 0.5) is 0 Å². The average Bonchev–Trinajstić information content (AvgIpc) is 3.07. The summed E-state index contributed by atoms with van der Waals surface area (Å²) in [7, 11) is -3.92. The van der Waals surface area contributed by atoms with Crippen molar-refractivity contribution in [3.63, 3.8) is 0 Å². The Morgan fingerprint density at radius 1 is 1.00 bits per heavy atom. The van der Waals surface area contributed by atoms with Crippen LogP contribution in [0, 0.1) is 0 Å². The third-order valence-corrected chi connectivity index (χ3v) is 8.38. The van der Waals surface area contributed by atoms with Crippen LogP contribution in [-0.2, 0) is 26.0 Å². The highest BCUT2D eigenvalue weighted by molar-refractivity contribution is 7.90. The van der Waals surface area contributed by atoms with E-state index in [0.717, 1.165) is 16.3 Å². The van der Waals surface area contributed by atoms with Gasteiger partial charge in [0.25, 0.3) is 15.9 Å². The lowest BCUT2D eigenvalue weighted by atomic mass is 10.1. The molecule has 0 fully saturated rings. The van der Waals surface area contributed by atoms with Gasteiger partial charge < -0.3 is 10.2 Å². The lowest BCUT2D eigenvalue weighted by Crippen LogP contribution is -2.51. The predicted molar refractivity (Wildman–Crippen MR) is 138 cm³/mol. The Labute approximate surface area is 213 Å². The van der Waals surface area contributed by atoms with Crippen LogP contribution in [0.2, 0.25) is 0 Å². The number of hydrogen-bond acceptors (Lipinski definition) is 5. The molecule has 1 aliphatic rings. The fraction of sp³-hybridized carbons (Fsp3) is 0.444. The summed E-state index contributed by atoms with van der Waals surface area (Å²) in [5.74, 6) is -1.00. The lowest BCUT2D eigenvalue weighted by Gasteiger charge is -2.31. The number of benzene rings is 2. The summed E-state index contributed by atoms with van der Waals surface area (Å²) in [6.45, 7) is 6.05. The predicted octanol–water partition coefficient (Wildman–Crippen LogP) is 3.38. The number of rotatable bonds is 12. The van der Waals surface area contributed by atoms with E-state index in [1.807, 2.05) is 51.1 Å². The Bertz CT molecular complexity index is 1180. The average molecular weight is 514 g/mol. The molecule has 0 radical (unpaired) electrons. The molecule has 0 spiro atoms. The molecule has 0 aromatic heterocycles. The molecule has 2 aromatic rings. The maximum Gasteiger partial charge on any atom is 0.269 e. The number of fused-ring (bicyclic) bond motifs is 1. The molecule has 9 heteroatoms. The third kappa shape index (κ3) is 6.13. The first kappa shape index (κ1) is 27.4. The van der Waals surface area contributed by atoms with Crippen molar-refractivity contribution >= 4 is 27.7 Å². The first-order valence-electron chi connectivity index (χ1n) is 12.5. The van der Waals surface area contributed by atoms with Gasteiger partial charge in [-0.15, -0.1) is 0 Å². The van der Waals surface area contributed by atoms with E-state index < -0.39 is 22.0 Å². The van der Waals surface area contributed by atoms with Gasteiger partial charge in [-0.05, 0) is 50.3 Å². The summed E-state index contributed by atoms with van der Waals surface area (Å²) in [4.78, 5) is 40.6. The summed E-state index contributed by atoms with van der Waals surface area (Å²) in [6.07, 6.45) is 2.02. The van der Waals surface area contributed by atoms with Crippen LogP contribution in [0.25, 0.3) is 0 Å². The smallest absolute Gasteiger partial charge is 0.269 e. The van der Waals surface area contributed by atoms with Crippen LogP contribution in [0.3, 0.4) is 0 Å². The molecule has 1 heterocycles. The van der Waals surface area contributed by atoms with E-state index in [0.29, 0.717) is 19.4 Å². The van der Waals surface area contributed by atoms with E-state index in [4.69, 9.17) is 0 Å². The van der Waals surface area contributed by atoms with Gasteiger partial charge in [0, 0.05) is 25.6 Å². The van der Waals surface area contributed by atoms with Crippen molar-refractivity contribution in [2.75, 3.05) is 13.1 Å². The van der Waals surface area contributed by atoms with E-state index in [-0.39, 0.29) is 47.7 Å². The van der Waals surface area contributed by atoms with Crippen molar-refractivity contribution in [2.45, 2.75) is 69.9 Å². The van der Waals surface area contributed by atoms with Crippen molar-refractivity contribution < 1.29 is 22.8 Å². The maximum atomic E-state index is 13.4. The van der Waals surface area contributed by atoms with Crippen molar-refractivity contribution in [3.05, 3.63) is 65.7 Å². The Morgan fingerprint density at radius 3 is 2.31 bits per heavy atom. The molecule has 2 aromatic carbocycles. The molecule has 0 unspecified atom stereocenters. The minimum Gasteiger partial charge on any atom is -0.352 e. The number of carbonyl (C=O) groups is 3.